The average Bonchev–Trinajstić information content (AvgIpc) is 2.93. The van der Waals surface area contributed by atoms with Gasteiger partial charge in [-0.1, -0.05) is 30.3 Å². The number of nitrogens with zero attached hydrogens (tertiary/aromatic N) is 2. The molecule has 3 aromatic rings. The molecule has 4 heteroatoms. The van der Waals surface area contributed by atoms with Crippen LogP contribution in [0.5, 0.6) is 0 Å². The molecular formula is C15H17N3O. The van der Waals surface area contributed by atoms with E-state index in [1.165, 1.54) is 22.2 Å². The van der Waals surface area contributed by atoms with Gasteiger partial charge >= 0.3 is 0 Å². The SMILES string of the molecule is CCc1cccc2c(-c3cc(N)on3)c(C)n(C)c12. The minimum atomic E-state index is 0.345. The summed E-state index contributed by atoms with van der Waals surface area (Å²) < 4.78 is 7.22. The van der Waals surface area contributed by atoms with Gasteiger partial charge in [-0.3, -0.25) is 0 Å². The van der Waals surface area contributed by atoms with E-state index in [1.54, 1.807) is 6.07 Å². The second-order valence-corrected chi connectivity index (χ2v) is 4.80. The van der Waals surface area contributed by atoms with Crippen molar-refractivity contribution in [3.63, 3.8) is 0 Å². The predicted molar refractivity (Wildman–Crippen MR) is 76.9 cm³/mol. The van der Waals surface area contributed by atoms with E-state index in [0.29, 0.717) is 5.88 Å². The number of hydrogen-bond donors (Lipinski definition) is 1. The number of nitrogen functional groups attached to an aromatic ring is 1. The van der Waals surface area contributed by atoms with Crippen molar-refractivity contribution in [1.82, 2.24) is 9.72 Å². The summed E-state index contributed by atoms with van der Waals surface area (Å²) >= 11 is 0. The smallest absolute Gasteiger partial charge is 0.222 e. The zero-order valence-electron chi connectivity index (χ0n) is 11.4. The number of aromatic nitrogens is 2. The van der Waals surface area contributed by atoms with Gasteiger partial charge in [0.05, 0.1) is 5.52 Å². The third-order valence-electron chi connectivity index (χ3n) is 3.75. The number of fused-ring (bicyclic) bond motifs is 1. The number of rotatable bonds is 2. The fourth-order valence-electron chi connectivity index (χ4n) is 2.74. The van der Waals surface area contributed by atoms with Crippen LogP contribution in [0, 0.1) is 6.92 Å². The van der Waals surface area contributed by atoms with E-state index >= 15 is 0 Å². The minimum Gasteiger partial charge on any atom is -0.368 e. The van der Waals surface area contributed by atoms with Gasteiger partial charge in [0.2, 0.25) is 5.88 Å². The lowest BCUT2D eigenvalue weighted by atomic mass is 10.0. The second kappa shape index (κ2) is 4.16. The van der Waals surface area contributed by atoms with E-state index < -0.39 is 0 Å². The molecule has 0 fully saturated rings. The Balaban J connectivity index is 2.40. The molecule has 0 aliphatic carbocycles. The zero-order chi connectivity index (χ0) is 13.6. The normalized spacial score (nSPS) is 11.3. The predicted octanol–water partition coefficient (Wildman–Crippen LogP) is 3.29. The van der Waals surface area contributed by atoms with Crippen molar-refractivity contribution in [3.05, 3.63) is 35.5 Å². The van der Waals surface area contributed by atoms with Crippen LogP contribution < -0.4 is 5.73 Å². The average molecular weight is 255 g/mol. The van der Waals surface area contributed by atoms with Gasteiger partial charge in [-0.2, -0.15) is 0 Å². The molecule has 0 aliphatic rings. The van der Waals surface area contributed by atoms with E-state index in [0.717, 1.165) is 17.7 Å². The highest BCUT2D eigenvalue weighted by Crippen LogP contribution is 2.35. The Morgan fingerprint density at radius 2 is 2.16 bits per heavy atom. The highest BCUT2D eigenvalue weighted by Gasteiger charge is 2.18. The maximum absolute atomic E-state index is 5.64. The summed E-state index contributed by atoms with van der Waals surface area (Å²) in [7, 11) is 2.09. The quantitative estimate of drug-likeness (QED) is 0.764. The van der Waals surface area contributed by atoms with E-state index in [9.17, 15) is 0 Å². The van der Waals surface area contributed by atoms with E-state index in [-0.39, 0.29) is 0 Å². The van der Waals surface area contributed by atoms with Gasteiger partial charge < -0.3 is 14.8 Å². The van der Waals surface area contributed by atoms with Gasteiger partial charge in [-0.05, 0) is 18.9 Å². The van der Waals surface area contributed by atoms with Crippen LogP contribution in [0.25, 0.3) is 22.2 Å². The third-order valence-corrected chi connectivity index (χ3v) is 3.75. The highest BCUT2D eigenvalue weighted by atomic mass is 16.5. The number of anilines is 1. The van der Waals surface area contributed by atoms with Gasteiger partial charge in [0.1, 0.15) is 5.69 Å². The van der Waals surface area contributed by atoms with Crippen LogP contribution in [-0.2, 0) is 13.5 Å². The van der Waals surface area contributed by atoms with Crippen molar-refractivity contribution in [2.75, 3.05) is 5.73 Å². The summed E-state index contributed by atoms with van der Waals surface area (Å²) in [5, 5.41) is 5.25. The number of hydrogen-bond acceptors (Lipinski definition) is 3. The van der Waals surface area contributed by atoms with E-state index in [2.05, 4.69) is 48.8 Å². The minimum absolute atomic E-state index is 0.345. The third kappa shape index (κ3) is 1.63. The van der Waals surface area contributed by atoms with Gasteiger partial charge in [0.15, 0.2) is 0 Å². The van der Waals surface area contributed by atoms with E-state index in [1.807, 2.05) is 0 Å². The summed E-state index contributed by atoms with van der Waals surface area (Å²) in [5.41, 5.74) is 11.3. The van der Waals surface area contributed by atoms with Gasteiger partial charge in [0, 0.05) is 29.8 Å². The summed E-state index contributed by atoms with van der Waals surface area (Å²) in [5.74, 6) is 0.345. The Kier molecular flexibility index (Phi) is 2.59. The Morgan fingerprint density at radius 1 is 1.37 bits per heavy atom. The van der Waals surface area contributed by atoms with Crippen LogP contribution >= 0.6 is 0 Å². The molecule has 3 rings (SSSR count). The largest absolute Gasteiger partial charge is 0.368 e. The van der Waals surface area contributed by atoms with Crippen molar-refractivity contribution in [2.45, 2.75) is 20.3 Å². The molecule has 0 saturated carbocycles. The van der Waals surface area contributed by atoms with Crippen molar-refractivity contribution < 1.29 is 4.52 Å². The molecule has 4 nitrogen and oxygen atoms in total. The lowest BCUT2D eigenvalue weighted by Gasteiger charge is -2.03. The first-order valence-electron chi connectivity index (χ1n) is 6.43. The topological polar surface area (TPSA) is 57.0 Å². The molecule has 0 saturated heterocycles. The van der Waals surface area contributed by atoms with Crippen molar-refractivity contribution in [2.24, 2.45) is 7.05 Å². The molecular weight excluding hydrogens is 238 g/mol. The standard InChI is InChI=1S/C15H17N3O/c1-4-10-6-5-7-11-14(9(2)18(3)15(10)11)12-8-13(16)19-17-12/h5-8H,4,16H2,1-3H3. The van der Waals surface area contributed by atoms with Crippen molar-refractivity contribution >= 4 is 16.8 Å². The summed E-state index contributed by atoms with van der Waals surface area (Å²) in [6.07, 6.45) is 1.01. The number of aryl methyl sites for hydroxylation is 2. The van der Waals surface area contributed by atoms with Crippen LogP contribution in [0.1, 0.15) is 18.2 Å². The maximum Gasteiger partial charge on any atom is 0.222 e. The Morgan fingerprint density at radius 3 is 2.79 bits per heavy atom. The molecule has 0 amide bonds. The molecule has 0 unspecified atom stereocenters. The monoisotopic (exact) mass is 255 g/mol. The summed E-state index contributed by atoms with van der Waals surface area (Å²) in [6.45, 7) is 4.27. The van der Waals surface area contributed by atoms with Crippen LogP contribution in [0.2, 0.25) is 0 Å². The molecule has 98 valence electrons. The zero-order valence-corrected chi connectivity index (χ0v) is 11.4. The number of benzene rings is 1. The number of nitrogens with two attached hydrogens (primary N) is 1. The molecule has 19 heavy (non-hydrogen) atoms. The number of para-hydroxylation sites is 1. The molecule has 0 atom stereocenters. The first kappa shape index (κ1) is 11.8. The molecule has 2 N–H and O–H groups in total. The van der Waals surface area contributed by atoms with Crippen LogP contribution in [0.4, 0.5) is 5.88 Å². The van der Waals surface area contributed by atoms with Gasteiger partial charge in [0.25, 0.3) is 0 Å². The molecule has 0 spiro atoms. The van der Waals surface area contributed by atoms with Crippen LogP contribution in [0.15, 0.2) is 28.8 Å². The summed E-state index contributed by atoms with van der Waals surface area (Å²) in [6, 6.07) is 8.17. The van der Waals surface area contributed by atoms with Gasteiger partial charge in [-0.25, -0.2) is 0 Å². The van der Waals surface area contributed by atoms with Gasteiger partial charge in [-0.15, -0.1) is 0 Å². The molecule has 2 heterocycles. The first-order valence-corrected chi connectivity index (χ1v) is 6.43. The Bertz CT molecular complexity index is 752. The van der Waals surface area contributed by atoms with Crippen LogP contribution in [0.3, 0.4) is 0 Å². The lowest BCUT2D eigenvalue weighted by molar-refractivity contribution is 0.439. The Hall–Kier alpha value is -2.23. The fourth-order valence-corrected chi connectivity index (χ4v) is 2.74. The van der Waals surface area contributed by atoms with E-state index in [4.69, 9.17) is 10.3 Å². The second-order valence-electron chi connectivity index (χ2n) is 4.80. The highest BCUT2D eigenvalue weighted by molar-refractivity contribution is 5.98. The lowest BCUT2D eigenvalue weighted by Crippen LogP contribution is -1.93. The molecule has 2 aromatic heterocycles. The summed E-state index contributed by atoms with van der Waals surface area (Å²) in [4.78, 5) is 0. The van der Waals surface area contributed by atoms with Crippen molar-refractivity contribution in [3.8, 4) is 11.3 Å². The molecule has 0 radical (unpaired) electrons. The maximum atomic E-state index is 5.64. The van der Waals surface area contributed by atoms with Crippen molar-refractivity contribution in [1.29, 1.82) is 0 Å². The van der Waals surface area contributed by atoms with Crippen LogP contribution in [-0.4, -0.2) is 9.72 Å². The molecule has 0 aliphatic heterocycles. The fraction of sp³-hybridized carbons (Fsp3) is 0.267. The molecule has 1 aromatic carbocycles. The Labute approximate surface area is 111 Å². The molecule has 0 bridgehead atoms. The first-order chi connectivity index (χ1) is 9.13.